The number of amides is 2. The van der Waals surface area contributed by atoms with E-state index in [0.29, 0.717) is 24.0 Å². The first-order valence-corrected chi connectivity index (χ1v) is 20.1. The van der Waals surface area contributed by atoms with Gasteiger partial charge in [0.2, 0.25) is 0 Å². The number of benzene rings is 2. The van der Waals surface area contributed by atoms with Crippen LogP contribution in [0.3, 0.4) is 0 Å². The van der Waals surface area contributed by atoms with Crippen molar-refractivity contribution in [3.8, 4) is 5.75 Å². The predicted octanol–water partition coefficient (Wildman–Crippen LogP) is 6.30. The van der Waals surface area contributed by atoms with Crippen molar-refractivity contribution in [2.75, 3.05) is 23.9 Å². The van der Waals surface area contributed by atoms with Gasteiger partial charge in [0.15, 0.2) is 0 Å². The van der Waals surface area contributed by atoms with Crippen LogP contribution in [0.1, 0.15) is 51.2 Å². The third kappa shape index (κ3) is 8.63. The van der Waals surface area contributed by atoms with Gasteiger partial charge in [-0.05, 0) is 69.3 Å². The smallest absolute Gasteiger partial charge is 0.410 e. The van der Waals surface area contributed by atoms with E-state index in [1.807, 2.05) is 69.3 Å². The highest BCUT2D eigenvalue weighted by atomic mass is 32.2. The zero-order valence-electron chi connectivity index (χ0n) is 26.2. The Morgan fingerprint density at radius 1 is 1.07 bits per heavy atom. The van der Waals surface area contributed by atoms with Crippen molar-refractivity contribution in [1.29, 1.82) is 0 Å². The Balaban J connectivity index is 1.62. The van der Waals surface area contributed by atoms with Gasteiger partial charge in [0.1, 0.15) is 24.5 Å². The Labute approximate surface area is 257 Å². The second-order valence-electron chi connectivity index (χ2n) is 13.4. The summed E-state index contributed by atoms with van der Waals surface area (Å²) >= 11 is 0. The van der Waals surface area contributed by atoms with Crippen molar-refractivity contribution in [2.24, 2.45) is 0 Å². The van der Waals surface area contributed by atoms with Crippen LogP contribution >= 0.6 is 0 Å². The number of likely N-dealkylation sites (tertiary alicyclic amines) is 1. The number of nitrogens with zero attached hydrogens (tertiary/aromatic N) is 3. The summed E-state index contributed by atoms with van der Waals surface area (Å²) in [6.45, 7) is 12.8. The van der Waals surface area contributed by atoms with E-state index in [4.69, 9.17) is 9.47 Å². The fourth-order valence-corrected chi connectivity index (χ4v) is 7.64. The largest absolute Gasteiger partial charge is 0.487 e. The molecule has 0 aliphatic carbocycles. The highest BCUT2D eigenvalue weighted by Crippen LogP contribution is 2.36. The molecule has 1 atom stereocenters. The minimum absolute atomic E-state index is 0.117. The molecule has 2 saturated heterocycles. The summed E-state index contributed by atoms with van der Waals surface area (Å²) < 4.78 is 41.2. The molecule has 1 unspecified atom stereocenters. The van der Waals surface area contributed by atoms with Gasteiger partial charge in [-0.2, -0.15) is 8.42 Å². The second kappa shape index (κ2) is 13.1. The summed E-state index contributed by atoms with van der Waals surface area (Å²) in [4.78, 5) is 27.6. The molecule has 0 radical (unpaired) electrons. The minimum atomic E-state index is -4.05. The van der Waals surface area contributed by atoms with E-state index in [1.54, 1.807) is 17.0 Å². The lowest BCUT2D eigenvalue weighted by Gasteiger charge is -2.35. The maximum absolute atomic E-state index is 13.6. The van der Waals surface area contributed by atoms with Crippen molar-refractivity contribution >= 4 is 42.0 Å². The topological polar surface area (TPSA) is 96.5 Å². The van der Waals surface area contributed by atoms with Gasteiger partial charge in [-0.15, -0.1) is 0 Å². The van der Waals surface area contributed by atoms with Gasteiger partial charge in [-0.25, -0.2) is 13.4 Å². The molecule has 2 fully saturated rings. The van der Waals surface area contributed by atoms with Crippen LogP contribution in [0.15, 0.2) is 54.6 Å². The molecule has 2 aliphatic rings. The summed E-state index contributed by atoms with van der Waals surface area (Å²) in [7, 11) is -5.62. The lowest BCUT2D eigenvalue weighted by Crippen LogP contribution is -2.45. The van der Waals surface area contributed by atoms with E-state index in [9.17, 15) is 18.0 Å². The van der Waals surface area contributed by atoms with Crippen LogP contribution < -0.4 is 9.04 Å². The molecule has 2 aromatic carbocycles. The van der Waals surface area contributed by atoms with Crippen LogP contribution in [-0.2, 0) is 26.3 Å². The number of rotatable bonds is 9. The molecule has 2 amide bonds. The summed E-state index contributed by atoms with van der Waals surface area (Å²) in [5.41, 5.74) is 1.47. The van der Waals surface area contributed by atoms with Crippen molar-refractivity contribution in [1.82, 2.24) is 9.21 Å². The molecule has 0 N–H and O–H groups in total. The fourth-order valence-electron chi connectivity index (χ4n) is 5.04. The zero-order chi connectivity index (χ0) is 31.4. The van der Waals surface area contributed by atoms with Crippen LogP contribution in [-0.4, -0.2) is 69.0 Å². The molecule has 4 rings (SSSR count). The molecule has 0 bridgehead atoms. The fraction of sp³-hybridized carbons (Fsp3) is 0.500. The molecule has 9 nitrogen and oxygen atoms in total. The lowest BCUT2D eigenvalue weighted by atomic mass is 10.0. The van der Waals surface area contributed by atoms with Gasteiger partial charge in [-0.1, -0.05) is 68.2 Å². The Kier molecular flexibility index (Phi) is 9.95. The molecule has 2 aromatic rings. The number of hydrogen-bond acceptors (Lipinski definition) is 6. The number of ether oxygens (including phenoxy) is 2. The SMILES string of the molecule is CC(C)(C)OC(=O)N1CCCCC1C=Cc1ccc(N2CC(=O)N(CC[Si](C)(C)C)S2(=O)=O)c(OCc2ccccc2)c1. The van der Waals surface area contributed by atoms with Gasteiger partial charge < -0.3 is 14.4 Å². The molecule has 2 heterocycles. The predicted molar refractivity (Wildman–Crippen MR) is 173 cm³/mol. The van der Waals surface area contributed by atoms with Crippen molar-refractivity contribution in [2.45, 2.75) is 84.0 Å². The number of anilines is 1. The van der Waals surface area contributed by atoms with Crippen molar-refractivity contribution in [3.05, 3.63) is 65.7 Å². The molecular formula is C32H45N3O6SSi. The van der Waals surface area contributed by atoms with Crippen LogP contribution in [0, 0.1) is 0 Å². The molecule has 0 saturated carbocycles. The van der Waals surface area contributed by atoms with Crippen LogP contribution in [0.25, 0.3) is 6.08 Å². The number of piperidine rings is 1. The summed E-state index contributed by atoms with van der Waals surface area (Å²) in [6.07, 6.45) is 6.35. The Bertz CT molecular complexity index is 1430. The van der Waals surface area contributed by atoms with Crippen molar-refractivity contribution < 1.29 is 27.5 Å². The van der Waals surface area contributed by atoms with Gasteiger partial charge in [-0.3, -0.25) is 4.79 Å². The first-order chi connectivity index (χ1) is 20.1. The molecular weight excluding hydrogens is 583 g/mol. The number of hydrogen-bond donors (Lipinski definition) is 0. The molecule has 11 heteroatoms. The maximum Gasteiger partial charge on any atom is 0.410 e. The van der Waals surface area contributed by atoms with Gasteiger partial charge in [0.25, 0.3) is 5.91 Å². The third-order valence-electron chi connectivity index (χ3n) is 7.36. The molecule has 0 aromatic heterocycles. The van der Waals surface area contributed by atoms with Gasteiger partial charge in [0.05, 0.1) is 11.7 Å². The third-order valence-corrected chi connectivity index (χ3v) is 10.9. The minimum Gasteiger partial charge on any atom is -0.487 e. The highest BCUT2D eigenvalue weighted by Gasteiger charge is 2.44. The molecule has 0 spiro atoms. The standard InChI is InChI=1S/C32H45N3O6SSi/c1-32(2,3)41-31(37)33-19-11-10-14-27(33)17-15-25-16-18-28(29(22-25)40-24-26-12-8-7-9-13-26)35-23-30(36)34(42(35,38)39)20-21-43(4,5)6/h7-9,12-13,15-18,22,27H,10-11,14,19-21,23-24H2,1-6H3. The summed E-state index contributed by atoms with van der Waals surface area (Å²) in [5, 5.41) is 0. The molecule has 43 heavy (non-hydrogen) atoms. The molecule has 2 aliphatic heterocycles. The van der Waals surface area contributed by atoms with Crippen molar-refractivity contribution in [3.63, 3.8) is 0 Å². The normalized spacial score (nSPS) is 19.3. The summed E-state index contributed by atoms with van der Waals surface area (Å²) in [5.74, 6) is -0.0715. The van der Waals surface area contributed by atoms with Crippen LogP contribution in [0.4, 0.5) is 10.5 Å². The summed E-state index contributed by atoms with van der Waals surface area (Å²) in [6, 6.07) is 15.5. The monoisotopic (exact) mass is 627 g/mol. The Morgan fingerprint density at radius 2 is 1.79 bits per heavy atom. The van der Waals surface area contributed by atoms with Gasteiger partial charge >= 0.3 is 16.3 Å². The average molecular weight is 628 g/mol. The van der Waals surface area contributed by atoms with E-state index in [1.165, 1.54) is 0 Å². The number of carbonyl (C=O) groups excluding carboxylic acids is 2. The van der Waals surface area contributed by atoms with E-state index in [2.05, 4.69) is 19.6 Å². The maximum atomic E-state index is 13.6. The molecule has 234 valence electrons. The number of carbonyl (C=O) groups is 2. The average Bonchev–Trinajstić information content (AvgIpc) is 3.16. The van der Waals surface area contributed by atoms with E-state index in [-0.39, 0.29) is 31.8 Å². The first-order valence-electron chi connectivity index (χ1n) is 15.0. The van der Waals surface area contributed by atoms with E-state index in [0.717, 1.165) is 39.0 Å². The van der Waals surface area contributed by atoms with Crippen LogP contribution in [0.2, 0.25) is 25.7 Å². The van der Waals surface area contributed by atoms with E-state index < -0.39 is 29.8 Å². The van der Waals surface area contributed by atoms with E-state index >= 15 is 0 Å². The lowest BCUT2D eigenvalue weighted by molar-refractivity contribution is -0.123. The quantitative estimate of drug-likeness (QED) is 0.303. The Morgan fingerprint density at radius 3 is 2.47 bits per heavy atom. The van der Waals surface area contributed by atoms with Crippen LogP contribution in [0.5, 0.6) is 5.75 Å². The zero-order valence-corrected chi connectivity index (χ0v) is 28.0. The van der Waals surface area contributed by atoms with Gasteiger partial charge in [0, 0.05) is 21.2 Å². The Hall–Kier alpha value is -3.31. The highest BCUT2D eigenvalue weighted by molar-refractivity contribution is 7.91. The second-order valence-corrected chi connectivity index (χ2v) is 20.8. The first kappa shape index (κ1) is 32.6.